The number of ketones is 1. The van der Waals surface area contributed by atoms with Gasteiger partial charge in [-0.2, -0.15) is 4.73 Å². The van der Waals surface area contributed by atoms with Crippen molar-refractivity contribution in [1.29, 1.82) is 0 Å². The van der Waals surface area contributed by atoms with Crippen LogP contribution in [0.1, 0.15) is 34.1 Å². The average Bonchev–Trinajstić information content (AvgIpc) is 2.62. The SMILES string of the molecule is CCCn1c(N)c(C(=O)COC(=O)c2cc[n+]([O-])cc2)c(=O)n(C)c1=O. The molecule has 2 aromatic heterocycles. The lowest BCUT2D eigenvalue weighted by atomic mass is 10.2. The molecule has 2 N–H and O–H groups in total. The number of hydrogen-bond acceptors (Lipinski definition) is 7. The molecule has 0 amide bonds. The second-order valence-electron chi connectivity index (χ2n) is 5.50. The molecule has 0 fully saturated rings. The van der Waals surface area contributed by atoms with Crippen molar-refractivity contribution in [2.24, 2.45) is 7.05 Å². The van der Waals surface area contributed by atoms with Crippen LogP contribution in [0.2, 0.25) is 0 Å². The van der Waals surface area contributed by atoms with E-state index in [9.17, 15) is 24.4 Å². The Balaban J connectivity index is 2.27. The zero-order chi connectivity index (χ0) is 19.4. The maximum Gasteiger partial charge on any atom is 0.339 e. The number of anilines is 1. The summed E-state index contributed by atoms with van der Waals surface area (Å²) in [6, 6.07) is 2.46. The summed E-state index contributed by atoms with van der Waals surface area (Å²) in [7, 11) is 1.24. The first-order valence-corrected chi connectivity index (χ1v) is 7.76. The molecule has 2 heterocycles. The second kappa shape index (κ2) is 7.64. The van der Waals surface area contributed by atoms with Gasteiger partial charge in [0.05, 0.1) is 5.56 Å². The summed E-state index contributed by atoms with van der Waals surface area (Å²) in [6.45, 7) is 1.32. The third kappa shape index (κ3) is 3.63. The molecule has 0 aromatic carbocycles. The van der Waals surface area contributed by atoms with Crippen molar-refractivity contribution >= 4 is 17.6 Å². The molecule has 2 rings (SSSR count). The maximum absolute atomic E-state index is 12.4. The lowest BCUT2D eigenvalue weighted by Gasteiger charge is -2.13. The number of nitrogens with zero attached hydrogens (tertiary/aromatic N) is 3. The Bertz CT molecular complexity index is 958. The number of nitrogen functional groups attached to an aromatic ring is 1. The fourth-order valence-electron chi connectivity index (χ4n) is 2.32. The van der Waals surface area contributed by atoms with E-state index in [4.69, 9.17) is 10.5 Å². The van der Waals surface area contributed by atoms with E-state index in [1.54, 1.807) is 0 Å². The maximum atomic E-state index is 12.4. The Hall–Kier alpha value is -3.43. The Kier molecular flexibility index (Phi) is 5.55. The quantitative estimate of drug-likeness (QED) is 0.307. The van der Waals surface area contributed by atoms with Gasteiger partial charge in [0.2, 0.25) is 5.78 Å². The van der Waals surface area contributed by atoms with Gasteiger partial charge < -0.3 is 15.7 Å². The zero-order valence-electron chi connectivity index (χ0n) is 14.3. The number of pyridine rings is 1. The van der Waals surface area contributed by atoms with Crippen LogP contribution in [-0.4, -0.2) is 27.5 Å². The van der Waals surface area contributed by atoms with Crippen LogP contribution in [0.15, 0.2) is 34.1 Å². The van der Waals surface area contributed by atoms with Gasteiger partial charge in [0.25, 0.3) is 5.56 Å². The van der Waals surface area contributed by atoms with Gasteiger partial charge in [-0.3, -0.25) is 18.7 Å². The van der Waals surface area contributed by atoms with E-state index in [1.807, 2.05) is 6.92 Å². The van der Waals surface area contributed by atoms with Gasteiger partial charge in [0, 0.05) is 25.7 Å². The number of nitrogens with two attached hydrogens (primary N) is 1. The van der Waals surface area contributed by atoms with Crippen LogP contribution in [0, 0.1) is 5.21 Å². The molecule has 10 heteroatoms. The molecule has 26 heavy (non-hydrogen) atoms. The molecule has 10 nitrogen and oxygen atoms in total. The Labute approximate surface area is 147 Å². The first kappa shape index (κ1) is 18.9. The van der Waals surface area contributed by atoms with Crippen LogP contribution in [0.25, 0.3) is 0 Å². The van der Waals surface area contributed by atoms with Gasteiger partial charge in [-0.05, 0) is 6.42 Å². The lowest BCUT2D eigenvalue weighted by Crippen LogP contribution is -2.43. The van der Waals surface area contributed by atoms with Gasteiger partial charge >= 0.3 is 11.7 Å². The molecule has 0 atom stereocenters. The first-order valence-electron chi connectivity index (χ1n) is 7.76. The van der Waals surface area contributed by atoms with E-state index >= 15 is 0 Å². The fourth-order valence-corrected chi connectivity index (χ4v) is 2.32. The highest BCUT2D eigenvalue weighted by Crippen LogP contribution is 2.08. The standard InChI is InChI=1S/C16H18N4O6/c1-3-6-20-13(17)12(14(22)18(2)16(20)24)11(21)9-26-15(23)10-4-7-19(25)8-5-10/h4-5,7-8H,3,6,9,17H2,1-2H3. The van der Waals surface area contributed by atoms with Crippen LogP contribution in [0.5, 0.6) is 0 Å². The van der Waals surface area contributed by atoms with Gasteiger partial charge in [-0.15, -0.1) is 0 Å². The van der Waals surface area contributed by atoms with Crippen molar-refractivity contribution in [3.8, 4) is 0 Å². The summed E-state index contributed by atoms with van der Waals surface area (Å²) in [5.74, 6) is -1.92. The average molecular weight is 362 g/mol. The predicted octanol–water partition coefficient (Wildman–Crippen LogP) is -0.788. The van der Waals surface area contributed by atoms with E-state index in [0.717, 1.165) is 21.5 Å². The molecule has 0 spiro atoms. The number of carbonyl (C=O) groups excluding carboxylic acids is 2. The van der Waals surface area contributed by atoms with Crippen LogP contribution in [0.3, 0.4) is 0 Å². The molecule has 2 aromatic rings. The smallest absolute Gasteiger partial charge is 0.339 e. The minimum Gasteiger partial charge on any atom is -0.619 e. The largest absolute Gasteiger partial charge is 0.619 e. The van der Waals surface area contributed by atoms with Crippen molar-refractivity contribution in [1.82, 2.24) is 9.13 Å². The monoisotopic (exact) mass is 362 g/mol. The second-order valence-corrected chi connectivity index (χ2v) is 5.50. The van der Waals surface area contributed by atoms with E-state index < -0.39 is 35.2 Å². The van der Waals surface area contributed by atoms with E-state index in [-0.39, 0.29) is 17.9 Å². The Morgan fingerprint density at radius 2 is 1.88 bits per heavy atom. The molecule has 0 bridgehead atoms. The highest BCUT2D eigenvalue weighted by molar-refractivity contribution is 6.02. The number of aromatic nitrogens is 3. The minimum atomic E-state index is -0.854. The molecule has 0 saturated heterocycles. The van der Waals surface area contributed by atoms with Gasteiger partial charge in [0.1, 0.15) is 11.4 Å². The number of Topliss-reactive ketones (excluding diaryl/α,β-unsaturated/α-hetero) is 1. The molecular weight excluding hydrogens is 344 g/mol. The molecular formula is C16H18N4O6. The summed E-state index contributed by atoms with van der Waals surface area (Å²) in [6.07, 6.45) is 2.78. The van der Waals surface area contributed by atoms with Gasteiger partial charge in [-0.25, -0.2) is 9.59 Å². The fraction of sp³-hybridized carbons (Fsp3) is 0.312. The van der Waals surface area contributed by atoms with Crippen LogP contribution in [0.4, 0.5) is 5.82 Å². The van der Waals surface area contributed by atoms with Crippen LogP contribution < -0.4 is 21.7 Å². The molecule has 0 radical (unpaired) electrons. The molecule has 0 aliphatic carbocycles. The lowest BCUT2D eigenvalue weighted by molar-refractivity contribution is -0.605. The zero-order valence-corrected chi connectivity index (χ0v) is 14.3. The molecule has 138 valence electrons. The molecule has 0 unspecified atom stereocenters. The van der Waals surface area contributed by atoms with E-state index in [0.29, 0.717) is 11.2 Å². The van der Waals surface area contributed by atoms with Crippen LogP contribution in [-0.2, 0) is 18.3 Å². The first-order chi connectivity index (χ1) is 12.3. The highest BCUT2D eigenvalue weighted by atomic mass is 16.5. The van der Waals surface area contributed by atoms with Gasteiger partial charge in [0.15, 0.2) is 19.0 Å². The van der Waals surface area contributed by atoms with Gasteiger partial charge in [-0.1, -0.05) is 6.92 Å². The summed E-state index contributed by atoms with van der Waals surface area (Å²) < 4.78 is 7.27. The van der Waals surface area contributed by atoms with E-state index in [2.05, 4.69) is 0 Å². The highest BCUT2D eigenvalue weighted by Gasteiger charge is 2.22. The number of ether oxygens (including phenoxy) is 1. The minimum absolute atomic E-state index is 0.0710. The topological polar surface area (TPSA) is 140 Å². The van der Waals surface area contributed by atoms with Crippen molar-refractivity contribution in [2.75, 3.05) is 12.3 Å². The van der Waals surface area contributed by atoms with Crippen LogP contribution >= 0.6 is 0 Å². The normalized spacial score (nSPS) is 10.5. The van der Waals surface area contributed by atoms with Crippen molar-refractivity contribution in [2.45, 2.75) is 19.9 Å². The third-order valence-electron chi connectivity index (χ3n) is 3.68. The number of hydrogen-bond donors (Lipinski definition) is 1. The third-order valence-corrected chi connectivity index (χ3v) is 3.68. The number of esters is 1. The summed E-state index contributed by atoms with van der Waals surface area (Å²) in [5.41, 5.74) is 4.01. The summed E-state index contributed by atoms with van der Waals surface area (Å²) >= 11 is 0. The Morgan fingerprint density at radius 3 is 2.46 bits per heavy atom. The van der Waals surface area contributed by atoms with Crippen molar-refractivity contribution in [3.63, 3.8) is 0 Å². The number of rotatable bonds is 6. The summed E-state index contributed by atoms with van der Waals surface area (Å²) in [4.78, 5) is 48.6. The molecule has 0 saturated carbocycles. The Morgan fingerprint density at radius 1 is 1.27 bits per heavy atom. The molecule has 0 aliphatic heterocycles. The predicted molar refractivity (Wildman–Crippen MR) is 90.7 cm³/mol. The summed E-state index contributed by atoms with van der Waals surface area (Å²) in [5, 5.41) is 10.9. The molecule has 0 aliphatic rings. The van der Waals surface area contributed by atoms with Crippen molar-refractivity contribution in [3.05, 3.63) is 61.7 Å². The number of carbonyl (C=O) groups is 2. The van der Waals surface area contributed by atoms with Crippen molar-refractivity contribution < 1.29 is 19.1 Å². The van der Waals surface area contributed by atoms with E-state index in [1.165, 1.54) is 19.2 Å².